The standard InChI is InChI=1S/C45H31N9/c1-2-8-30(9-3-1)41-50-42(31-14-18-33(19-15-31)44-48-37-10-4-6-12-39(37)53(44)35-22-26-46-27-23-35)52-43(51-41)32-16-20-34(21-17-32)45-49-38-11-5-7-13-40(38)54(45)36-24-28-47-29-25-36/h1-29,41H,(H,50,51,52). The van der Waals surface area contributed by atoms with E-state index < -0.39 is 0 Å². The lowest BCUT2D eigenvalue weighted by atomic mass is 10.1. The van der Waals surface area contributed by atoms with E-state index in [0.29, 0.717) is 5.84 Å². The number of para-hydroxylation sites is 4. The van der Waals surface area contributed by atoms with Crippen molar-refractivity contribution in [3.8, 4) is 34.2 Å². The number of aliphatic imine (C=N–C) groups is 2. The van der Waals surface area contributed by atoms with Crippen LogP contribution in [-0.2, 0) is 0 Å². The van der Waals surface area contributed by atoms with E-state index in [1.165, 1.54) is 0 Å². The molecule has 0 saturated heterocycles. The van der Waals surface area contributed by atoms with Crippen LogP contribution < -0.4 is 5.32 Å². The van der Waals surface area contributed by atoms with Gasteiger partial charge >= 0.3 is 0 Å². The third kappa shape index (κ3) is 5.61. The summed E-state index contributed by atoms with van der Waals surface area (Å²) in [5.41, 5.74) is 10.8. The number of imidazole rings is 2. The van der Waals surface area contributed by atoms with Gasteiger partial charge in [0.2, 0.25) is 0 Å². The second kappa shape index (κ2) is 13.2. The zero-order valence-electron chi connectivity index (χ0n) is 28.9. The highest BCUT2D eigenvalue weighted by Crippen LogP contribution is 2.31. The lowest BCUT2D eigenvalue weighted by molar-refractivity contribution is 0.674. The Morgan fingerprint density at radius 3 is 1.44 bits per heavy atom. The Balaban J connectivity index is 1.02. The van der Waals surface area contributed by atoms with Gasteiger partial charge in [0.25, 0.3) is 0 Å². The Hall–Kier alpha value is -7.52. The smallest absolute Gasteiger partial charge is 0.159 e. The fraction of sp³-hybridized carbons (Fsp3) is 0.0222. The van der Waals surface area contributed by atoms with E-state index in [2.05, 4.69) is 97.2 Å². The number of hydrogen-bond acceptors (Lipinski definition) is 7. The molecule has 1 unspecified atom stereocenters. The van der Waals surface area contributed by atoms with E-state index in [1.807, 2.05) is 78.9 Å². The van der Waals surface area contributed by atoms with Crippen molar-refractivity contribution in [1.29, 1.82) is 0 Å². The third-order valence-corrected chi connectivity index (χ3v) is 9.64. The SMILES string of the molecule is c1ccc(C2N=C(c3ccc(-c4nc5ccccc5n4-c4ccncc4)cc3)N=C(c3ccc(-c4nc5ccccc5n4-c4ccncc4)cc3)N2)cc1. The summed E-state index contributed by atoms with van der Waals surface area (Å²) < 4.78 is 4.35. The molecule has 0 bridgehead atoms. The van der Waals surface area contributed by atoms with Crippen molar-refractivity contribution in [2.75, 3.05) is 0 Å². The van der Waals surface area contributed by atoms with Crippen molar-refractivity contribution < 1.29 is 0 Å². The molecule has 5 heterocycles. The number of fused-ring (bicyclic) bond motifs is 2. The molecule has 5 aromatic carbocycles. The molecule has 10 rings (SSSR count). The minimum atomic E-state index is -0.320. The third-order valence-electron chi connectivity index (χ3n) is 9.64. The number of hydrogen-bond donors (Lipinski definition) is 1. The van der Waals surface area contributed by atoms with Gasteiger partial charge in [-0.25, -0.2) is 20.0 Å². The molecule has 4 aromatic heterocycles. The van der Waals surface area contributed by atoms with Crippen molar-refractivity contribution in [1.82, 2.24) is 34.4 Å². The molecule has 0 spiro atoms. The number of pyridine rings is 2. The lowest BCUT2D eigenvalue weighted by Gasteiger charge is -2.24. The van der Waals surface area contributed by atoms with Crippen molar-refractivity contribution in [3.05, 3.63) is 193 Å². The Kier molecular flexibility index (Phi) is 7.65. The van der Waals surface area contributed by atoms with Crippen LogP contribution in [0.3, 0.4) is 0 Å². The van der Waals surface area contributed by atoms with Gasteiger partial charge in [0.15, 0.2) is 5.84 Å². The summed E-state index contributed by atoms with van der Waals surface area (Å²) in [5, 5.41) is 3.60. The molecule has 1 aliphatic rings. The summed E-state index contributed by atoms with van der Waals surface area (Å²) in [4.78, 5) is 28.7. The van der Waals surface area contributed by atoms with Gasteiger partial charge in [-0.05, 0) is 54.1 Å². The summed E-state index contributed by atoms with van der Waals surface area (Å²) in [6, 6.07) is 51.3. The molecular formula is C45H31N9. The zero-order chi connectivity index (χ0) is 35.8. The van der Waals surface area contributed by atoms with Crippen molar-refractivity contribution in [2.24, 2.45) is 9.98 Å². The van der Waals surface area contributed by atoms with Crippen LogP contribution in [0.1, 0.15) is 22.9 Å². The highest BCUT2D eigenvalue weighted by molar-refractivity contribution is 6.13. The molecular weight excluding hydrogens is 667 g/mol. The van der Waals surface area contributed by atoms with E-state index >= 15 is 0 Å². The van der Waals surface area contributed by atoms with Gasteiger partial charge < -0.3 is 5.32 Å². The van der Waals surface area contributed by atoms with E-state index in [0.717, 1.165) is 78.7 Å². The summed E-state index contributed by atoms with van der Waals surface area (Å²) in [5.74, 6) is 3.10. The average molecular weight is 698 g/mol. The van der Waals surface area contributed by atoms with E-state index in [1.54, 1.807) is 24.8 Å². The first-order chi connectivity index (χ1) is 26.8. The highest BCUT2D eigenvalue weighted by Gasteiger charge is 2.22. The number of benzene rings is 5. The van der Waals surface area contributed by atoms with E-state index in [9.17, 15) is 0 Å². The molecule has 9 heteroatoms. The van der Waals surface area contributed by atoms with Gasteiger partial charge in [0.05, 0.1) is 33.4 Å². The van der Waals surface area contributed by atoms with Crippen LogP contribution in [-0.4, -0.2) is 40.7 Å². The summed E-state index contributed by atoms with van der Waals surface area (Å²) >= 11 is 0. The maximum absolute atomic E-state index is 5.11. The van der Waals surface area contributed by atoms with Crippen molar-refractivity contribution >= 4 is 33.7 Å². The Morgan fingerprint density at radius 1 is 0.444 bits per heavy atom. The molecule has 54 heavy (non-hydrogen) atoms. The van der Waals surface area contributed by atoms with Gasteiger partial charge in [-0.15, -0.1) is 0 Å². The molecule has 1 N–H and O–H groups in total. The quantitative estimate of drug-likeness (QED) is 0.179. The van der Waals surface area contributed by atoms with Gasteiger partial charge in [-0.1, -0.05) is 103 Å². The molecule has 9 nitrogen and oxygen atoms in total. The van der Waals surface area contributed by atoms with Gasteiger partial charge in [0, 0.05) is 47.0 Å². The Morgan fingerprint density at radius 2 is 0.907 bits per heavy atom. The average Bonchev–Trinajstić information content (AvgIpc) is 3.84. The van der Waals surface area contributed by atoms with E-state index in [-0.39, 0.29) is 6.17 Å². The van der Waals surface area contributed by atoms with Crippen LogP contribution in [0.15, 0.2) is 186 Å². The number of nitrogens with zero attached hydrogens (tertiary/aromatic N) is 8. The molecule has 1 aliphatic heterocycles. The molecule has 0 fully saturated rings. The lowest BCUT2D eigenvalue weighted by Crippen LogP contribution is -2.33. The Bertz CT molecular complexity index is 2820. The monoisotopic (exact) mass is 697 g/mol. The first-order valence-electron chi connectivity index (χ1n) is 17.7. The second-order valence-electron chi connectivity index (χ2n) is 13.0. The van der Waals surface area contributed by atoms with Crippen LogP contribution >= 0.6 is 0 Å². The summed E-state index contributed by atoms with van der Waals surface area (Å²) in [6.07, 6.45) is 6.90. The minimum absolute atomic E-state index is 0.320. The largest absolute Gasteiger partial charge is 0.344 e. The van der Waals surface area contributed by atoms with Gasteiger partial charge in [-0.3, -0.25) is 19.1 Å². The van der Waals surface area contributed by atoms with Crippen LogP contribution in [0.5, 0.6) is 0 Å². The molecule has 0 aliphatic carbocycles. The molecule has 256 valence electrons. The van der Waals surface area contributed by atoms with Gasteiger partial charge in [0.1, 0.15) is 23.7 Å². The fourth-order valence-corrected chi connectivity index (χ4v) is 7.03. The first kappa shape index (κ1) is 31.2. The fourth-order valence-electron chi connectivity index (χ4n) is 7.03. The second-order valence-corrected chi connectivity index (χ2v) is 13.0. The number of aromatic nitrogens is 6. The number of nitrogens with one attached hydrogen (secondary N) is 1. The summed E-state index contributed by atoms with van der Waals surface area (Å²) in [7, 11) is 0. The highest BCUT2D eigenvalue weighted by atomic mass is 15.2. The predicted octanol–water partition coefficient (Wildman–Crippen LogP) is 8.98. The van der Waals surface area contributed by atoms with Crippen LogP contribution in [0, 0.1) is 0 Å². The van der Waals surface area contributed by atoms with Crippen LogP contribution in [0.2, 0.25) is 0 Å². The van der Waals surface area contributed by atoms with Crippen molar-refractivity contribution in [2.45, 2.75) is 6.17 Å². The van der Waals surface area contributed by atoms with Crippen molar-refractivity contribution in [3.63, 3.8) is 0 Å². The number of amidine groups is 2. The van der Waals surface area contributed by atoms with Crippen LogP contribution in [0.25, 0.3) is 56.2 Å². The normalized spacial score (nSPS) is 14.1. The minimum Gasteiger partial charge on any atom is -0.344 e. The summed E-state index contributed by atoms with van der Waals surface area (Å²) in [6.45, 7) is 0. The topological polar surface area (TPSA) is 98.2 Å². The number of rotatable bonds is 7. The molecule has 0 saturated carbocycles. The molecule has 1 atom stereocenters. The maximum Gasteiger partial charge on any atom is 0.159 e. The molecule has 0 radical (unpaired) electrons. The molecule has 9 aromatic rings. The zero-order valence-corrected chi connectivity index (χ0v) is 28.9. The molecule has 0 amide bonds. The predicted molar refractivity (Wildman–Crippen MR) is 214 cm³/mol. The maximum atomic E-state index is 5.11. The van der Waals surface area contributed by atoms with E-state index in [4.69, 9.17) is 20.0 Å². The van der Waals surface area contributed by atoms with Gasteiger partial charge in [-0.2, -0.15) is 0 Å². The Labute approximate surface area is 310 Å². The van der Waals surface area contributed by atoms with Crippen LogP contribution in [0.4, 0.5) is 0 Å². The first-order valence-corrected chi connectivity index (χ1v) is 17.7.